The van der Waals surface area contributed by atoms with E-state index in [-0.39, 0.29) is 22.4 Å². The number of ether oxygens (including phenoxy) is 2. The van der Waals surface area contributed by atoms with Crippen LogP contribution in [0.3, 0.4) is 0 Å². The summed E-state index contributed by atoms with van der Waals surface area (Å²) >= 11 is 2.21. The van der Waals surface area contributed by atoms with Gasteiger partial charge >= 0.3 is 12.1 Å². The van der Waals surface area contributed by atoms with Crippen LogP contribution in [-0.4, -0.2) is 66.6 Å². The largest absolute Gasteiger partial charge is 0.448 e. The zero-order chi connectivity index (χ0) is 44.8. The Hall–Kier alpha value is -7.10. The molecule has 8 rings (SSSR count). The van der Waals surface area contributed by atoms with Gasteiger partial charge in [0, 0.05) is 34.0 Å². The van der Waals surface area contributed by atoms with Gasteiger partial charge in [0.15, 0.2) is 6.10 Å². The first-order chi connectivity index (χ1) is 30.9. The first-order valence-corrected chi connectivity index (χ1v) is 22.3. The Morgan fingerprint density at radius 1 is 0.766 bits per heavy atom. The van der Waals surface area contributed by atoms with Crippen LogP contribution in [0, 0.1) is 0 Å². The Balaban J connectivity index is 1.12. The predicted octanol–water partition coefficient (Wildman–Crippen LogP) is 8.60. The highest BCUT2D eigenvalue weighted by molar-refractivity contribution is 8.00. The SMILES string of the molecule is CC1=C(C(=O)OC(c2ccccc2)c2ccccc2)N2C(=O)[C@@H](NC(=O)/C(=N\OC(c3ccccc3)(c3ccccc3)c3ccccc3)c3nsc(NC(=O)OC(C)(C)C)n3)[C@H]2SC1. The van der Waals surface area contributed by atoms with Crippen molar-refractivity contribution in [3.05, 3.63) is 197 Å². The Morgan fingerprint density at radius 2 is 1.27 bits per heavy atom. The number of oxime groups is 1. The Labute approximate surface area is 378 Å². The second kappa shape index (κ2) is 18.7. The number of amides is 3. The van der Waals surface area contributed by atoms with Crippen LogP contribution in [-0.2, 0) is 34.3 Å². The maximum atomic E-state index is 14.7. The third-order valence-electron chi connectivity index (χ3n) is 10.3. The number of rotatable bonds is 13. The molecule has 0 aliphatic carbocycles. The van der Waals surface area contributed by atoms with Crippen molar-refractivity contribution >= 4 is 58.0 Å². The highest BCUT2D eigenvalue weighted by Gasteiger charge is 2.54. The van der Waals surface area contributed by atoms with Gasteiger partial charge in [-0.05, 0) is 44.4 Å². The van der Waals surface area contributed by atoms with Crippen LogP contribution >= 0.6 is 23.3 Å². The van der Waals surface area contributed by atoms with E-state index in [4.69, 9.17) is 14.3 Å². The molecule has 0 bridgehead atoms. The molecule has 2 aliphatic heterocycles. The van der Waals surface area contributed by atoms with Crippen molar-refractivity contribution < 1.29 is 33.5 Å². The predicted molar refractivity (Wildman–Crippen MR) is 245 cm³/mol. The van der Waals surface area contributed by atoms with E-state index in [0.717, 1.165) is 22.7 Å². The summed E-state index contributed by atoms with van der Waals surface area (Å²) in [4.78, 5) is 68.2. The summed E-state index contributed by atoms with van der Waals surface area (Å²) in [6.45, 7) is 6.97. The smallest absolute Gasteiger partial charge is 0.414 e. The minimum atomic E-state index is -1.39. The number of esters is 1. The van der Waals surface area contributed by atoms with E-state index in [2.05, 4.69) is 25.1 Å². The Bertz CT molecular complexity index is 2560. The van der Waals surface area contributed by atoms with Crippen LogP contribution in [0.15, 0.2) is 168 Å². The molecule has 6 aromatic rings. The van der Waals surface area contributed by atoms with Gasteiger partial charge in [0.25, 0.3) is 11.8 Å². The average molecular weight is 893 g/mol. The van der Waals surface area contributed by atoms with Crippen molar-refractivity contribution in [2.75, 3.05) is 11.1 Å². The van der Waals surface area contributed by atoms with E-state index in [9.17, 15) is 19.2 Å². The second-order valence-corrected chi connectivity index (χ2v) is 17.8. The third-order valence-corrected chi connectivity index (χ3v) is 12.4. The van der Waals surface area contributed by atoms with Gasteiger partial charge in [-0.1, -0.05) is 157 Å². The van der Waals surface area contributed by atoms with Gasteiger partial charge < -0.3 is 19.6 Å². The maximum Gasteiger partial charge on any atom is 0.414 e. The van der Waals surface area contributed by atoms with Crippen LogP contribution in [0.1, 0.15) is 67.4 Å². The summed E-state index contributed by atoms with van der Waals surface area (Å²) in [7, 11) is 0. The summed E-state index contributed by atoms with van der Waals surface area (Å²) in [6.07, 6.45) is -1.50. The topological polar surface area (TPSA) is 161 Å². The van der Waals surface area contributed by atoms with Crippen molar-refractivity contribution in [2.24, 2.45) is 5.16 Å². The quantitative estimate of drug-likeness (QED) is 0.0378. The first kappa shape index (κ1) is 43.5. The van der Waals surface area contributed by atoms with Crippen LogP contribution in [0.5, 0.6) is 0 Å². The fourth-order valence-corrected chi connectivity index (χ4v) is 9.30. The standard InChI is InChI=1S/C49H44N6O7S2/c1-31-30-63-44-38(43(57)55(44)39(31)45(58)60-40(32-20-10-5-11-21-32)33-22-12-6-13-23-33)50-42(56)37(41-51-46(64-54-41)52-47(59)61-48(2,3)4)53-62-49(34-24-14-7-15-25-34,35-26-16-8-17-27-35)36-28-18-9-19-29-36/h5-29,38,40,44H,30H2,1-4H3,(H,50,56)(H,51,52,54,59)/b53-37-/t38-,44-/m1/s1. The molecule has 15 heteroatoms. The molecule has 2 N–H and O–H groups in total. The maximum absolute atomic E-state index is 14.7. The highest BCUT2D eigenvalue weighted by atomic mass is 32.2. The van der Waals surface area contributed by atoms with E-state index in [1.165, 1.54) is 16.7 Å². The number of hydrogen-bond acceptors (Lipinski definition) is 12. The number of nitrogens with zero attached hydrogens (tertiary/aromatic N) is 4. The number of nitrogens with one attached hydrogen (secondary N) is 2. The number of carbonyl (C=O) groups excluding carboxylic acids is 4. The van der Waals surface area contributed by atoms with Crippen molar-refractivity contribution in [3.63, 3.8) is 0 Å². The second-order valence-electron chi connectivity index (χ2n) is 16.0. The molecular formula is C49H44N6O7S2. The van der Waals surface area contributed by atoms with Gasteiger partial charge in [0.05, 0.1) is 0 Å². The van der Waals surface area contributed by atoms with E-state index in [1.807, 2.05) is 152 Å². The Kier molecular flexibility index (Phi) is 12.7. The molecule has 13 nitrogen and oxygen atoms in total. The number of benzene rings is 5. The molecule has 1 aromatic heterocycles. The average Bonchev–Trinajstić information content (AvgIpc) is 3.77. The molecule has 324 valence electrons. The summed E-state index contributed by atoms with van der Waals surface area (Å²) < 4.78 is 16.0. The number of anilines is 1. The van der Waals surface area contributed by atoms with Crippen LogP contribution in [0.25, 0.3) is 0 Å². The van der Waals surface area contributed by atoms with E-state index in [1.54, 1.807) is 27.7 Å². The molecular weight excluding hydrogens is 849 g/mol. The number of thioether (sulfide) groups is 1. The molecule has 2 atom stereocenters. The minimum absolute atomic E-state index is 0.0343. The van der Waals surface area contributed by atoms with Crippen molar-refractivity contribution in [1.82, 2.24) is 19.6 Å². The summed E-state index contributed by atoms with van der Waals surface area (Å²) in [5.41, 5.74) is 1.92. The lowest BCUT2D eigenvalue weighted by molar-refractivity contribution is -0.154. The highest BCUT2D eigenvalue weighted by Crippen LogP contribution is 2.43. The molecule has 64 heavy (non-hydrogen) atoms. The number of aromatic nitrogens is 2. The van der Waals surface area contributed by atoms with Crippen LogP contribution in [0.4, 0.5) is 9.93 Å². The fourth-order valence-electron chi connectivity index (χ4n) is 7.45. The molecule has 1 saturated heterocycles. The molecule has 2 aliphatic rings. The third kappa shape index (κ3) is 9.17. The fraction of sp³-hybridized carbons (Fsp3) is 0.204. The monoisotopic (exact) mass is 892 g/mol. The van der Waals surface area contributed by atoms with Crippen molar-refractivity contribution in [2.45, 2.75) is 56.4 Å². The lowest BCUT2D eigenvalue weighted by atomic mass is 9.80. The molecule has 3 amide bonds. The van der Waals surface area contributed by atoms with Gasteiger partial charge in [0.1, 0.15) is 22.7 Å². The molecule has 0 saturated carbocycles. The zero-order valence-electron chi connectivity index (χ0n) is 35.3. The molecule has 0 radical (unpaired) electrons. The normalized spacial score (nSPS) is 16.4. The zero-order valence-corrected chi connectivity index (χ0v) is 37.0. The van der Waals surface area contributed by atoms with E-state index < -0.39 is 52.6 Å². The lowest BCUT2D eigenvalue weighted by Gasteiger charge is -2.49. The van der Waals surface area contributed by atoms with Gasteiger partial charge in [-0.3, -0.25) is 19.8 Å². The molecule has 0 unspecified atom stereocenters. The molecule has 3 heterocycles. The Morgan fingerprint density at radius 3 is 1.77 bits per heavy atom. The lowest BCUT2D eigenvalue weighted by Crippen LogP contribution is -2.71. The van der Waals surface area contributed by atoms with Crippen molar-refractivity contribution in [1.29, 1.82) is 0 Å². The van der Waals surface area contributed by atoms with E-state index >= 15 is 0 Å². The van der Waals surface area contributed by atoms with E-state index in [0.29, 0.717) is 28.0 Å². The number of hydrogen-bond donors (Lipinski definition) is 2. The van der Waals surface area contributed by atoms with Gasteiger partial charge in [0.2, 0.25) is 22.3 Å². The summed E-state index contributed by atoms with van der Waals surface area (Å²) in [6, 6.07) is 46.1. The van der Waals surface area contributed by atoms with Gasteiger partial charge in [-0.15, -0.1) is 11.8 Å². The van der Waals surface area contributed by atoms with Gasteiger partial charge in [-0.2, -0.15) is 9.36 Å². The van der Waals surface area contributed by atoms with Crippen LogP contribution in [0.2, 0.25) is 0 Å². The molecule has 1 fully saturated rings. The first-order valence-electron chi connectivity index (χ1n) is 20.5. The van der Waals surface area contributed by atoms with Crippen molar-refractivity contribution in [3.8, 4) is 0 Å². The number of carbonyl (C=O) groups is 4. The number of β-lactam (4-membered cyclic amide) rings is 1. The van der Waals surface area contributed by atoms with Crippen LogP contribution < -0.4 is 10.6 Å². The molecule has 0 spiro atoms. The summed E-state index contributed by atoms with van der Waals surface area (Å²) in [5.74, 6) is -1.78. The van der Waals surface area contributed by atoms with Gasteiger partial charge in [-0.25, -0.2) is 9.59 Å². The summed E-state index contributed by atoms with van der Waals surface area (Å²) in [5, 5.41) is 9.35. The minimum Gasteiger partial charge on any atom is -0.448 e. The molecule has 5 aromatic carbocycles. The number of fused-ring (bicyclic) bond motifs is 1.